The molecule has 2 rings (SSSR count). The van der Waals surface area contributed by atoms with E-state index in [1.54, 1.807) is 19.2 Å². The number of hydrogen-bond acceptors (Lipinski definition) is 4. The van der Waals surface area contributed by atoms with Crippen LogP contribution in [0.2, 0.25) is 0 Å². The second-order valence-electron chi connectivity index (χ2n) is 3.49. The highest BCUT2D eigenvalue weighted by Gasteiger charge is 2.09. The first-order valence-corrected chi connectivity index (χ1v) is 5.83. The summed E-state index contributed by atoms with van der Waals surface area (Å²) in [6, 6.07) is 6.60. The van der Waals surface area contributed by atoms with Gasteiger partial charge in [-0.05, 0) is 0 Å². The van der Waals surface area contributed by atoms with Crippen LogP contribution < -0.4 is 4.80 Å². The molecule has 0 bridgehead atoms. The number of rotatable bonds is 2. The fraction of sp³-hybridized carbons (Fsp3) is 0.182. The van der Waals surface area contributed by atoms with Crippen LogP contribution in [0.15, 0.2) is 34.6 Å². The molecule has 6 heteroatoms. The van der Waals surface area contributed by atoms with Crippen LogP contribution in [0.25, 0.3) is 11.3 Å². The Bertz CT molecular complexity index is 628. The van der Waals surface area contributed by atoms with Crippen LogP contribution >= 0.6 is 11.3 Å². The number of nitro benzene ring substituents is 1. The van der Waals surface area contributed by atoms with Crippen molar-refractivity contribution in [2.45, 2.75) is 0 Å². The molecule has 1 aromatic heterocycles. The SMILES string of the molecule is CN=c1scc(-c2cccc([N+](=O)[O-])c2)n1C. The van der Waals surface area contributed by atoms with E-state index >= 15 is 0 Å². The molecule has 0 radical (unpaired) electrons. The number of non-ortho nitro benzene ring substituents is 1. The van der Waals surface area contributed by atoms with E-state index in [0.29, 0.717) is 0 Å². The van der Waals surface area contributed by atoms with Gasteiger partial charge in [0.25, 0.3) is 5.69 Å². The number of aromatic nitrogens is 1. The van der Waals surface area contributed by atoms with Gasteiger partial charge in [0.2, 0.25) is 0 Å². The van der Waals surface area contributed by atoms with E-state index in [1.807, 2.05) is 23.1 Å². The molecule has 0 saturated carbocycles. The summed E-state index contributed by atoms with van der Waals surface area (Å²) in [5.41, 5.74) is 1.86. The Morgan fingerprint density at radius 3 is 2.82 bits per heavy atom. The van der Waals surface area contributed by atoms with Crippen molar-refractivity contribution in [1.29, 1.82) is 0 Å². The Kier molecular flexibility index (Phi) is 3.06. The maximum Gasteiger partial charge on any atom is 0.270 e. The molecule has 0 aliphatic carbocycles. The maximum absolute atomic E-state index is 10.7. The molecular weight excluding hydrogens is 238 g/mol. The predicted molar refractivity (Wildman–Crippen MR) is 66.9 cm³/mol. The fourth-order valence-electron chi connectivity index (χ4n) is 1.61. The van der Waals surface area contributed by atoms with Gasteiger partial charge in [-0.1, -0.05) is 12.1 Å². The van der Waals surface area contributed by atoms with E-state index in [-0.39, 0.29) is 10.6 Å². The second kappa shape index (κ2) is 4.50. The van der Waals surface area contributed by atoms with Crippen LogP contribution in [0.3, 0.4) is 0 Å². The van der Waals surface area contributed by atoms with Crippen molar-refractivity contribution in [3.63, 3.8) is 0 Å². The van der Waals surface area contributed by atoms with Crippen LogP contribution in [0, 0.1) is 10.1 Å². The molecule has 0 amide bonds. The minimum atomic E-state index is -0.388. The molecule has 0 saturated heterocycles. The average Bonchev–Trinajstić information content (AvgIpc) is 2.70. The van der Waals surface area contributed by atoms with Gasteiger partial charge in [0, 0.05) is 37.2 Å². The van der Waals surface area contributed by atoms with E-state index in [1.165, 1.54) is 17.4 Å². The topological polar surface area (TPSA) is 60.4 Å². The number of nitrogens with zero attached hydrogens (tertiary/aromatic N) is 3. The first-order chi connectivity index (χ1) is 8.13. The largest absolute Gasteiger partial charge is 0.320 e. The van der Waals surface area contributed by atoms with Crippen molar-refractivity contribution >= 4 is 17.0 Å². The zero-order valence-electron chi connectivity index (χ0n) is 9.45. The standard InChI is InChI=1S/C11H11N3O2S/c1-12-11-13(2)10(7-17-11)8-4-3-5-9(6-8)14(15)16/h3-7H,1-2H3. The van der Waals surface area contributed by atoms with Crippen molar-refractivity contribution < 1.29 is 4.92 Å². The smallest absolute Gasteiger partial charge is 0.270 e. The molecule has 0 unspecified atom stereocenters. The third-order valence-electron chi connectivity index (χ3n) is 2.47. The molecule has 1 heterocycles. The van der Waals surface area contributed by atoms with Crippen LogP contribution in [-0.2, 0) is 7.05 Å². The zero-order chi connectivity index (χ0) is 12.4. The van der Waals surface area contributed by atoms with E-state index < -0.39 is 0 Å². The highest BCUT2D eigenvalue weighted by atomic mass is 32.1. The molecular formula is C11H11N3O2S. The quantitative estimate of drug-likeness (QED) is 0.605. The number of nitro groups is 1. The summed E-state index contributed by atoms with van der Waals surface area (Å²) in [6.07, 6.45) is 0. The zero-order valence-corrected chi connectivity index (χ0v) is 10.3. The lowest BCUT2D eigenvalue weighted by atomic mass is 10.1. The first kappa shape index (κ1) is 11.5. The van der Waals surface area contributed by atoms with E-state index in [4.69, 9.17) is 0 Å². The molecule has 0 aliphatic heterocycles. The van der Waals surface area contributed by atoms with E-state index in [0.717, 1.165) is 16.1 Å². The first-order valence-electron chi connectivity index (χ1n) is 4.95. The van der Waals surface area contributed by atoms with Gasteiger partial charge in [-0.3, -0.25) is 15.1 Å². The Morgan fingerprint density at radius 2 is 2.24 bits per heavy atom. The molecule has 0 fully saturated rings. The monoisotopic (exact) mass is 249 g/mol. The van der Waals surface area contributed by atoms with Gasteiger partial charge < -0.3 is 4.57 Å². The summed E-state index contributed by atoms with van der Waals surface area (Å²) in [6.45, 7) is 0. The molecule has 88 valence electrons. The van der Waals surface area contributed by atoms with Crippen molar-refractivity contribution in [1.82, 2.24) is 4.57 Å². The average molecular weight is 249 g/mol. The van der Waals surface area contributed by atoms with Crippen LogP contribution in [0.5, 0.6) is 0 Å². The third kappa shape index (κ3) is 2.12. The van der Waals surface area contributed by atoms with Gasteiger partial charge in [-0.15, -0.1) is 11.3 Å². The molecule has 5 nitrogen and oxygen atoms in total. The summed E-state index contributed by atoms with van der Waals surface area (Å²) < 4.78 is 1.92. The normalized spacial score (nSPS) is 11.8. The van der Waals surface area contributed by atoms with Gasteiger partial charge in [0.1, 0.15) is 0 Å². The van der Waals surface area contributed by atoms with Crippen LogP contribution in [0.1, 0.15) is 0 Å². The lowest BCUT2D eigenvalue weighted by molar-refractivity contribution is -0.384. The second-order valence-corrected chi connectivity index (χ2v) is 4.33. The van der Waals surface area contributed by atoms with Crippen LogP contribution in [0.4, 0.5) is 5.69 Å². The molecule has 1 aromatic carbocycles. The van der Waals surface area contributed by atoms with Crippen molar-refractivity contribution in [2.75, 3.05) is 7.05 Å². The molecule has 0 atom stereocenters. The lowest BCUT2D eigenvalue weighted by Crippen LogP contribution is -2.10. The molecule has 2 aromatic rings. The summed E-state index contributed by atoms with van der Waals surface area (Å²) in [5.74, 6) is 0. The Hall–Kier alpha value is -1.95. The van der Waals surface area contributed by atoms with Crippen molar-refractivity contribution in [3.8, 4) is 11.3 Å². The number of benzene rings is 1. The molecule has 0 N–H and O–H groups in total. The Balaban J connectivity index is 2.57. The van der Waals surface area contributed by atoms with Gasteiger partial charge in [0.15, 0.2) is 4.80 Å². The minimum Gasteiger partial charge on any atom is -0.320 e. The highest BCUT2D eigenvalue weighted by Crippen LogP contribution is 2.23. The summed E-state index contributed by atoms with van der Waals surface area (Å²) in [7, 11) is 3.62. The van der Waals surface area contributed by atoms with E-state index in [2.05, 4.69) is 4.99 Å². The number of hydrogen-bond donors (Lipinski definition) is 0. The summed E-state index contributed by atoms with van der Waals surface area (Å²) in [4.78, 5) is 15.3. The summed E-state index contributed by atoms with van der Waals surface area (Å²) in [5, 5.41) is 12.7. The molecule has 17 heavy (non-hydrogen) atoms. The summed E-state index contributed by atoms with van der Waals surface area (Å²) >= 11 is 1.51. The third-order valence-corrected chi connectivity index (χ3v) is 3.48. The van der Waals surface area contributed by atoms with Crippen LogP contribution in [-0.4, -0.2) is 16.5 Å². The lowest BCUT2D eigenvalue weighted by Gasteiger charge is -2.02. The van der Waals surface area contributed by atoms with E-state index in [9.17, 15) is 10.1 Å². The molecule has 0 spiro atoms. The Labute approximate surface area is 102 Å². The Morgan fingerprint density at radius 1 is 1.47 bits per heavy atom. The molecule has 0 aliphatic rings. The van der Waals surface area contributed by atoms with Gasteiger partial charge in [-0.2, -0.15) is 0 Å². The van der Waals surface area contributed by atoms with Crippen molar-refractivity contribution in [2.24, 2.45) is 12.0 Å². The van der Waals surface area contributed by atoms with Gasteiger partial charge in [0.05, 0.1) is 10.6 Å². The van der Waals surface area contributed by atoms with Crippen molar-refractivity contribution in [3.05, 3.63) is 44.6 Å². The fourth-order valence-corrected chi connectivity index (χ4v) is 2.49. The highest BCUT2D eigenvalue weighted by molar-refractivity contribution is 7.07. The minimum absolute atomic E-state index is 0.101. The van der Waals surface area contributed by atoms with Gasteiger partial charge >= 0.3 is 0 Å². The number of thiazole rings is 1. The maximum atomic E-state index is 10.7. The van der Waals surface area contributed by atoms with Gasteiger partial charge in [-0.25, -0.2) is 0 Å². The predicted octanol–water partition coefficient (Wildman–Crippen LogP) is 2.19.